The van der Waals surface area contributed by atoms with Crippen molar-refractivity contribution >= 4 is 21.6 Å². The van der Waals surface area contributed by atoms with Crippen molar-refractivity contribution in [3.05, 3.63) is 57.6 Å². The Labute approximate surface area is 145 Å². The molecule has 0 bridgehead atoms. The van der Waals surface area contributed by atoms with E-state index in [2.05, 4.69) is 58.5 Å². The Morgan fingerprint density at radius 2 is 2.09 bits per heavy atom. The van der Waals surface area contributed by atoms with Crippen LogP contribution in [0.5, 0.6) is 5.75 Å². The minimum absolute atomic E-state index is 0.192. The molecule has 4 heteroatoms. The van der Waals surface area contributed by atoms with Crippen LogP contribution in [0.3, 0.4) is 0 Å². The van der Waals surface area contributed by atoms with E-state index >= 15 is 0 Å². The fourth-order valence-corrected chi connectivity index (χ4v) is 4.36. The first-order valence-electron chi connectivity index (χ1n) is 7.99. The summed E-state index contributed by atoms with van der Waals surface area (Å²) in [6.07, 6.45) is 1.27. The minimum atomic E-state index is 0.192. The van der Waals surface area contributed by atoms with Gasteiger partial charge in [-0.15, -0.1) is 0 Å². The van der Waals surface area contributed by atoms with Crippen LogP contribution in [0.2, 0.25) is 0 Å². The number of halogens is 1. The molecule has 4 rings (SSSR count). The number of hydrogen-bond donors (Lipinski definition) is 1. The van der Waals surface area contributed by atoms with Gasteiger partial charge in [-0.1, -0.05) is 23.8 Å². The van der Waals surface area contributed by atoms with E-state index in [-0.39, 0.29) is 12.1 Å². The number of nitrogens with one attached hydrogen (secondary N) is 1. The summed E-state index contributed by atoms with van der Waals surface area (Å²) in [4.78, 5) is 0. The summed E-state index contributed by atoms with van der Waals surface area (Å²) in [6.45, 7) is 2.97. The Bertz CT molecular complexity index is 746. The van der Waals surface area contributed by atoms with Crippen LogP contribution in [0.1, 0.15) is 35.3 Å². The Morgan fingerprint density at radius 3 is 2.87 bits per heavy atom. The van der Waals surface area contributed by atoms with Crippen LogP contribution < -0.4 is 10.1 Å². The number of hydrogen-bond acceptors (Lipinski definition) is 3. The average Bonchev–Trinajstić information content (AvgIpc) is 3.04. The number of aryl methyl sites for hydroxylation is 1. The van der Waals surface area contributed by atoms with E-state index in [4.69, 9.17) is 9.47 Å². The van der Waals surface area contributed by atoms with Crippen LogP contribution >= 0.6 is 15.9 Å². The predicted molar refractivity (Wildman–Crippen MR) is 95.0 cm³/mol. The molecule has 120 valence electrons. The van der Waals surface area contributed by atoms with Crippen LogP contribution in [0.4, 0.5) is 5.69 Å². The number of methoxy groups -OCH3 is 1. The topological polar surface area (TPSA) is 30.5 Å². The predicted octanol–water partition coefficient (Wildman–Crippen LogP) is 5.01. The fraction of sp³-hybridized carbons (Fsp3) is 0.368. The molecule has 3 atom stereocenters. The van der Waals surface area contributed by atoms with Crippen molar-refractivity contribution in [2.45, 2.75) is 25.5 Å². The van der Waals surface area contributed by atoms with Crippen LogP contribution in [0.15, 0.2) is 40.9 Å². The number of rotatable bonds is 2. The zero-order chi connectivity index (χ0) is 16.0. The van der Waals surface area contributed by atoms with Gasteiger partial charge in [0.2, 0.25) is 0 Å². The molecule has 23 heavy (non-hydrogen) atoms. The standard InChI is InChI=1S/C19H20BrNO2/c1-11-3-5-16-14(9-11)19-13(7-8-23-19)18(21-16)12-4-6-17(22-2)15(20)10-12/h3-6,9-10,13,18-19,21H,7-8H2,1-2H3/t13-,18?,19-/m0/s1. The second-order valence-corrected chi connectivity index (χ2v) is 7.20. The molecule has 1 saturated heterocycles. The van der Waals surface area contributed by atoms with E-state index in [9.17, 15) is 0 Å². The highest BCUT2D eigenvalue weighted by Gasteiger charge is 2.41. The summed E-state index contributed by atoms with van der Waals surface area (Å²) >= 11 is 3.60. The molecule has 0 saturated carbocycles. The maximum Gasteiger partial charge on any atom is 0.133 e. The van der Waals surface area contributed by atoms with Gasteiger partial charge in [0.25, 0.3) is 0 Å². The molecular formula is C19H20BrNO2. The molecule has 0 spiro atoms. The molecule has 1 N–H and O–H groups in total. The second kappa shape index (κ2) is 5.84. The highest BCUT2D eigenvalue weighted by Crippen LogP contribution is 2.50. The molecule has 3 nitrogen and oxygen atoms in total. The number of fused-ring (bicyclic) bond motifs is 3. The highest BCUT2D eigenvalue weighted by molar-refractivity contribution is 9.10. The van der Waals surface area contributed by atoms with E-state index in [1.807, 2.05) is 6.07 Å². The third-order valence-electron chi connectivity index (χ3n) is 4.93. The molecule has 2 aliphatic rings. The van der Waals surface area contributed by atoms with E-state index in [0.29, 0.717) is 5.92 Å². The van der Waals surface area contributed by atoms with Crippen molar-refractivity contribution in [2.75, 3.05) is 19.0 Å². The summed E-state index contributed by atoms with van der Waals surface area (Å²) in [6, 6.07) is 13.2. The molecule has 2 aromatic carbocycles. The lowest BCUT2D eigenvalue weighted by molar-refractivity contribution is 0.0829. The van der Waals surface area contributed by atoms with E-state index in [1.54, 1.807) is 7.11 Å². The molecular weight excluding hydrogens is 354 g/mol. The fourth-order valence-electron chi connectivity index (χ4n) is 3.80. The average molecular weight is 374 g/mol. The second-order valence-electron chi connectivity index (χ2n) is 6.35. The molecule has 2 heterocycles. The lowest BCUT2D eigenvalue weighted by Crippen LogP contribution is -2.29. The van der Waals surface area contributed by atoms with Gasteiger partial charge in [-0.25, -0.2) is 0 Å². The number of benzene rings is 2. The maximum atomic E-state index is 6.09. The third kappa shape index (κ3) is 2.54. The van der Waals surface area contributed by atoms with Gasteiger partial charge in [0, 0.05) is 23.8 Å². The Kier molecular flexibility index (Phi) is 3.82. The normalized spacial score (nSPS) is 25.4. The van der Waals surface area contributed by atoms with Gasteiger partial charge in [0.1, 0.15) is 5.75 Å². The Hall–Kier alpha value is -1.52. The van der Waals surface area contributed by atoms with Crippen molar-refractivity contribution in [3.63, 3.8) is 0 Å². The molecule has 0 aromatic heterocycles. The molecule has 1 unspecified atom stereocenters. The van der Waals surface area contributed by atoms with E-state index in [0.717, 1.165) is 23.2 Å². The highest BCUT2D eigenvalue weighted by atomic mass is 79.9. The third-order valence-corrected chi connectivity index (χ3v) is 5.54. The molecule has 2 aliphatic heterocycles. The zero-order valence-electron chi connectivity index (χ0n) is 13.3. The Morgan fingerprint density at radius 1 is 1.22 bits per heavy atom. The van der Waals surface area contributed by atoms with Gasteiger partial charge < -0.3 is 14.8 Å². The van der Waals surface area contributed by atoms with Gasteiger partial charge in [-0.05, 0) is 53.0 Å². The van der Waals surface area contributed by atoms with Crippen LogP contribution in [-0.4, -0.2) is 13.7 Å². The first-order chi connectivity index (χ1) is 11.2. The first-order valence-corrected chi connectivity index (χ1v) is 8.79. The summed E-state index contributed by atoms with van der Waals surface area (Å²) < 4.78 is 12.4. The molecule has 0 radical (unpaired) electrons. The van der Waals surface area contributed by atoms with Crippen molar-refractivity contribution in [1.82, 2.24) is 0 Å². The van der Waals surface area contributed by atoms with Gasteiger partial charge in [0.05, 0.1) is 23.7 Å². The summed E-state index contributed by atoms with van der Waals surface area (Å²) in [5, 5.41) is 3.73. The monoisotopic (exact) mass is 373 g/mol. The SMILES string of the molecule is COc1ccc(C2Nc3ccc(C)cc3[C@H]3OCC[C@@H]23)cc1Br. The molecule has 0 amide bonds. The van der Waals surface area contributed by atoms with Crippen molar-refractivity contribution in [1.29, 1.82) is 0 Å². The first kappa shape index (κ1) is 15.0. The van der Waals surface area contributed by atoms with E-state index < -0.39 is 0 Å². The minimum Gasteiger partial charge on any atom is -0.496 e. The summed E-state index contributed by atoms with van der Waals surface area (Å²) in [5.41, 5.74) is 5.04. The van der Waals surface area contributed by atoms with Crippen LogP contribution in [-0.2, 0) is 4.74 Å². The molecule has 0 aliphatic carbocycles. The molecule has 2 aromatic rings. The van der Waals surface area contributed by atoms with Crippen LogP contribution in [0.25, 0.3) is 0 Å². The van der Waals surface area contributed by atoms with Gasteiger partial charge >= 0.3 is 0 Å². The summed E-state index contributed by atoms with van der Waals surface area (Å²) in [7, 11) is 1.69. The molecule has 1 fully saturated rings. The van der Waals surface area contributed by atoms with Crippen LogP contribution in [0, 0.1) is 12.8 Å². The van der Waals surface area contributed by atoms with Crippen molar-refractivity contribution in [3.8, 4) is 5.75 Å². The van der Waals surface area contributed by atoms with Crippen molar-refractivity contribution < 1.29 is 9.47 Å². The van der Waals surface area contributed by atoms with Crippen molar-refractivity contribution in [2.24, 2.45) is 5.92 Å². The largest absolute Gasteiger partial charge is 0.496 e. The number of ether oxygens (including phenoxy) is 2. The van der Waals surface area contributed by atoms with E-state index in [1.165, 1.54) is 22.4 Å². The lowest BCUT2D eigenvalue weighted by Gasteiger charge is -2.36. The van der Waals surface area contributed by atoms with Gasteiger partial charge in [0.15, 0.2) is 0 Å². The smallest absolute Gasteiger partial charge is 0.133 e. The lowest BCUT2D eigenvalue weighted by atomic mass is 9.80. The quantitative estimate of drug-likeness (QED) is 0.802. The zero-order valence-corrected chi connectivity index (χ0v) is 14.9. The van der Waals surface area contributed by atoms with Gasteiger partial charge in [-0.2, -0.15) is 0 Å². The maximum absolute atomic E-state index is 6.09. The van der Waals surface area contributed by atoms with Gasteiger partial charge in [-0.3, -0.25) is 0 Å². The summed E-state index contributed by atoms with van der Waals surface area (Å²) in [5.74, 6) is 1.32. The Balaban J connectivity index is 1.75. The number of anilines is 1.